The number of rotatable bonds is 5. The van der Waals surface area contributed by atoms with Crippen LogP contribution in [0.2, 0.25) is 0 Å². The highest BCUT2D eigenvalue weighted by Gasteiger charge is 2.47. The zero-order valence-corrected chi connectivity index (χ0v) is 8.51. The van der Waals surface area contributed by atoms with E-state index < -0.39 is 5.54 Å². The molecule has 1 fully saturated rings. The van der Waals surface area contributed by atoms with Crippen LogP contribution in [0.3, 0.4) is 0 Å². The highest BCUT2D eigenvalue weighted by Crippen LogP contribution is 2.33. The molecule has 1 saturated carbocycles. The Bertz CT molecular complexity index is 187. The molecule has 1 aliphatic rings. The second kappa shape index (κ2) is 4.09. The number of nitrogens with two attached hydrogens (primary N) is 1. The summed E-state index contributed by atoms with van der Waals surface area (Å²) < 4.78 is 5.12. The Morgan fingerprint density at radius 2 is 2.23 bits per heavy atom. The van der Waals surface area contributed by atoms with E-state index in [1.807, 2.05) is 0 Å². The molecule has 1 aliphatic carbocycles. The second-order valence-electron chi connectivity index (χ2n) is 4.15. The summed E-state index contributed by atoms with van der Waals surface area (Å²) in [4.78, 5) is 11.3. The molecule has 1 unspecified atom stereocenters. The minimum Gasteiger partial charge on any atom is -0.464 e. The maximum Gasteiger partial charge on any atom is 0.326 e. The smallest absolute Gasteiger partial charge is 0.326 e. The maximum atomic E-state index is 11.3. The largest absolute Gasteiger partial charge is 0.464 e. The highest BCUT2D eigenvalue weighted by molar-refractivity contribution is 5.83. The first kappa shape index (κ1) is 10.5. The van der Waals surface area contributed by atoms with Crippen LogP contribution in [-0.2, 0) is 9.53 Å². The maximum absolute atomic E-state index is 11.3. The van der Waals surface area contributed by atoms with Gasteiger partial charge in [0.25, 0.3) is 0 Å². The van der Waals surface area contributed by atoms with E-state index in [2.05, 4.69) is 13.8 Å². The van der Waals surface area contributed by atoms with Crippen LogP contribution in [-0.4, -0.2) is 18.1 Å². The predicted octanol–water partition coefficient (Wildman–Crippen LogP) is 1.46. The molecule has 1 atom stereocenters. The minimum atomic E-state index is -0.619. The van der Waals surface area contributed by atoms with Gasteiger partial charge < -0.3 is 10.5 Å². The molecule has 0 amide bonds. The fourth-order valence-corrected chi connectivity index (χ4v) is 1.28. The van der Waals surface area contributed by atoms with Crippen molar-refractivity contribution in [2.24, 2.45) is 11.7 Å². The summed E-state index contributed by atoms with van der Waals surface area (Å²) in [6.07, 6.45) is 3.80. The van der Waals surface area contributed by atoms with E-state index in [1.54, 1.807) is 0 Å². The first-order valence-electron chi connectivity index (χ1n) is 5.04. The lowest BCUT2D eigenvalue weighted by molar-refractivity contribution is -0.147. The molecular weight excluding hydrogens is 166 g/mol. The van der Waals surface area contributed by atoms with Gasteiger partial charge >= 0.3 is 5.97 Å². The normalized spacial score (nSPS) is 20.8. The Labute approximate surface area is 79.6 Å². The van der Waals surface area contributed by atoms with Crippen molar-refractivity contribution >= 4 is 5.97 Å². The third kappa shape index (κ3) is 2.99. The van der Waals surface area contributed by atoms with Crippen molar-refractivity contribution in [1.29, 1.82) is 0 Å². The molecule has 3 heteroatoms. The minimum absolute atomic E-state index is 0.213. The molecule has 13 heavy (non-hydrogen) atoms. The first-order chi connectivity index (χ1) is 6.08. The van der Waals surface area contributed by atoms with Gasteiger partial charge in [-0.1, -0.05) is 20.3 Å². The van der Waals surface area contributed by atoms with Crippen LogP contribution in [0, 0.1) is 5.92 Å². The van der Waals surface area contributed by atoms with Crippen molar-refractivity contribution in [3.05, 3.63) is 0 Å². The molecule has 0 saturated heterocycles. The molecular formula is C10H19NO2. The lowest BCUT2D eigenvalue weighted by Crippen LogP contribution is -2.35. The predicted molar refractivity (Wildman–Crippen MR) is 51.2 cm³/mol. The third-order valence-electron chi connectivity index (χ3n) is 2.48. The second-order valence-corrected chi connectivity index (χ2v) is 4.15. The Morgan fingerprint density at radius 3 is 2.69 bits per heavy atom. The number of carbonyl (C=O) groups is 1. The van der Waals surface area contributed by atoms with Crippen molar-refractivity contribution in [3.8, 4) is 0 Å². The van der Waals surface area contributed by atoms with Crippen molar-refractivity contribution in [3.63, 3.8) is 0 Å². The third-order valence-corrected chi connectivity index (χ3v) is 2.48. The van der Waals surface area contributed by atoms with Crippen LogP contribution in [0.4, 0.5) is 0 Å². The Kier molecular flexibility index (Phi) is 3.31. The average molecular weight is 185 g/mol. The molecule has 0 radical (unpaired) electrons. The molecule has 0 spiro atoms. The number of esters is 1. The monoisotopic (exact) mass is 185 g/mol. The lowest BCUT2D eigenvalue weighted by atomic mass is 10.1. The van der Waals surface area contributed by atoms with E-state index in [-0.39, 0.29) is 5.97 Å². The molecule has 2 N–H and O–H groups in total. The SMILES string of the molecule is CCCC(C)COC(=O)C1(N)CC1. The standard InChI is InChI=1S/C10H19NO2/c1-3-4-8(2)7-13-9(12)10(11)5-6-10/h8H,3-7,11H2,1-2H3. The molecule has 0 aromatic rings. The number of carbonyl (C=O) groups excluding carboxylic acids is 1. The van der Waals surface area contributed by atoms with E-state index in [4.69, 9.17) is 10.5 Å². The number of hydrogen-bond acceptors (Lipinski definition) is 3. The lowest BCUT2D eigenvalue weighted by Gasteiger charge is -2.13. The van der Waals surface area contributed by atoms with Gasteiger partial charge in [0.1, 0.15) is 5.54 Å². The van der Waals surface area contributed by atoms with Gasteiger partial charge in [0.2, 0.25) is 0 Å². The van der Waals surface area contributed by atoms with Crippen LogP contribution >= 0.6 is 0 Å². The van der Waals surface area contributed by atoms with Gasteiger partial charge in [0.15, 0.2) is 0 Å². The molecule has 0 heterocycles. The zero-order valence-electron chi connectivity index (χ0n) is 8.51. The summed E-state index contributed by atoms with van der Waals surface area (Å²) in [5, 5.41) is 0. The van der Waals surface area contributed by atoms with Gasteiger partial charge in [-0.05, 0) is 25.2 Å². The zero-order chi connectivity index (χ0) is 9.90. The van der Waals surface area contributed by atoms with E-state index in [9.17, 15) is 4.79 Å². The quantitative estimate of drug-likeness (QED) is 0.660. The summed E-state index contributed by atoms with van der Waals surface area (Å²) >= 11 is 0. The molecule has 0 aromatic heterocycles. The van der Waals surface area contributed by atoms with Crippen LogP contribution in [0.15, 0.2) is 0 Å². The first-order valence-corrected chi connectivity index (χ1v) is 5.04. The van der Waals surface area contributed by atoms with Crippen molar-refractivity contribution in [2.75, 3.05) is 6.61 Å². The fraction of sp³-hybridized carbons (Fsp3) is 0.900. The van der Waals surface area contributed by atoms with Crippen LogP contribution in [0.5, 0.6) is 0 Å². The van der Waals surface area contributed by atoms with Gasteiger partial charge in [0.05, 0.1) is 6.61 Å². The molecule has 3 nitrogen and oxygen atoms in total. The summed E-state index contributed by atoms with van der Waals surface area (Å²) in [5.74, 6) is 0.242. The van der Waals surface area contributed by atoms with Crippen LogP contribution in [0.25, 0.3) is 0 Å². The van der Waals surface area contributed by atoms with Gasteiger partial charge in [-0.25, -0.2) is 0 Å². The molecule has 0 aliphatic heterocycles. The van der Waals surface area contributed by atoms with Crippen LogP contribution in [0.1, 0.15) is 39.5 Å². The number of ether oxygens (including phenoxy) is 1. The van der Waals surface area contributed by atoms with E-state index in [1.165, 1.54) is 0 Å². The molecule has 0 bridgehead atoms. The summed E-state index contributed by atoms with van der Waals surface area (Å²) in [6.45, 7) is 4.74. The van der Waals surface area contributed by atoms with Crippen LogP contribution < -0.4 is 5.73 Å². The van der Waals surface area contributed by atoms with E-state index >= 15 is 0 Å². The van der Waals surface area contributed by atoms with Gasteiger partial charge in [-0.3, -0.25) is 4.79 Å². The highest BCUT2D eigenvalue weighted by atomic mass is 16.5. The van der Waals surface area contributed by atoms with Crippen molar-refractivity contribution < 1.29 is 9.53 Å². The fourth-order valence-electron chi connectivity index (χ4n) is 1.28. The molecule has 76 valence electrons. The Morgan fingerprint density at radius 1 is 1.62 bits per heavy atom. The van der Waals surface area contributed by atoms with E-state index in [0.717, 1.165) is 25.7 Å². The van der Waals surface area contributed by atoms with Gasteiger partial charge in [0, 0.05) is 0 Å². The Balaban J connectivity index is 2.15. The molecule has 1 rings (SSSR count). The summed E-state index contributed by atoms with van der Waals surface area (Å²) in [7, 11) is 0. The summed E-state index contributed by atoms with van der Waals surface area (Å²) in [6, 6.07) is 0. The average Bonchev–Trinajstić information content (AvgIpc) is 2.81. The van der Waals surface area contributed by atoms with Gasteiger partial charge in [-0.15, -0.1) is 0 Å². The molecule has 0 aromatic carbocycles. The Hall–Kier alpha value is -0.570. The van der Waals surface area contributed by atoms with Crippen molar-refractivity contribution in [2.45, 2.75) is 45.1 Å². The van der Waals surface area contributed by atoms with Crippen molar-refractivity contribution in [1.82, 2.24) is 0 Å². The summed E-state index contributed by atoms with van der Waals surface area (Å²) in [5.41, 5.74) is 5.06. The number of hydrogen-bond donors (Lipinski definition) is 1. The topological polar surface area (TPSA) is 52.3 Å². The van der Waals surface area contributed by atoms with E-state index in [0.29, 0.717) is 12.5 Å². The van der Waals surface area contributed by atoms with Gasteiger partial charge in [-0.2, -0.15) is 0 Å².